The maximum Gasteiger partial charge on any atom is 0.167 e. The van der Waals surface area contributed by atoms with Gasteiger partial charge in [0.25, 0.3) is 0 Å². The highest BCUT2D eigenvalue weighted by Gasteiger charge is 2.11. The van der Waals surface area contributed by atoms with Crippen molar-refractivity contribution in [3.05, 3.63) is 47.2 Å². The molecule has 3 rings (SSSR count). The summed E-state index contributed by atoms with van der Waals surface area (Å²) in [7, 11) is 1.75. The van der Waals surface area contributed by atoms with Gasteiger partial charge in [0.05, 0.1) is 21.6 Å². The first-order chi connectivity index (χ1) is 13.1. The lowest BCUT2D eigenvalue weighted by Crippen LogP contribution is -2.22. The minimum absolute atomic E-state index is 0. The number of pyridine rings is 1. The molecule has 142 valence electrons. The molecule has 0 atom stereocenters. The highest BCUT2D eigenvalue weighted by atomic mass is 32.1. The van der Waals surface area contributed by atoms with Gasteiger partial charge in [-0.3, -0.25) is 9.88 Å². The van der Waals surface area contributed by atoms with Crippen LogP contribution in [0.5, 0.6) is 11.5 Å². The topological polar surface area (TPSA) is 37.4 Å². The minimum Gasteiger partial charge on any atom is -0.453 e. The zero-order valence-electron chi connectivity index (χ0n) is 15.7. The van der Waals surface area contributed by atoms with E-state index in [1.165, 1.54) is 17.4 Å². The Morgan fingerprint density at radius 1 is 1.22 bits per heavy atom. The summed E-state index contributed by atoms with van der Waals surface area (Å²) in [5.74, 6) is 6.76. The van der Waals surface area contributed by atoms with Crippen molar-refractivity contribution in [2.75, 3.05) is 32.0 Å². The first kappa shape index (κ1) is 19.2. The number of hydrogen-bond donors (Lipinski definition) is 1. The first-order valence-corrected chi connectivity index (χ1v) is 9.71. The molecule has 2 heterocycles. The summed E-state index contributed by atoms with van der Waals surface area (Å²) in [5.41, 5.74) is 1.50. The molecule has 2 aromatic heterocycles. The molecule has 4 nitrogen and oxygen atoms in total. The van der Waals surface area contributed by atoms with E-state index in [9.17, 15) is 4.39 Å². The second kappa shape index (κ2) is 8.85. The van der Waals surface area contributed by atoms with Crippen LogP contribution in [-0.4, -0.2) is 36.6 Å². The first-order valence-electron chi connectivity index (χ1n) is 8.89. The summed E-state index contributed by atoms with van der Waals surface area (Å²) in [6.45, 7) is 6.95. The fourth-order valence-electron chi connectivity index (χ4n) is 2.60. The number of benzene rings is 1. The smallest absolute Gasteiger partial charge is 0.167 e. The molecule has 1 N–H and O–H groups in total. The number of nitrogens with zero attached hydrogens (tertiary/aromatic N) is 2. The van der Waals surface area contributed by atoms with Gasteiger partial charge in [-0.25, -0.2) is 4.39 Å². The Morgan fingerprint density at radius 3 is 2.74 bits per heavy atom. The quantitative estimate of drug-likeness (QED) is 0.591. The number of anilines is 1. The summed E-state index contributed by atoms with van der Waals surface area (Å²) in [5, 5.41) is 2.91. The number of nitrogens with one attached hydrogen (secondary N) is 1. The summed E-state index contributed by atoms with van der Waals surface area (Å²) in [4.78, 5) is 7.56. The average Bonchev–Trinajstić information content (AvgIpc) is 3.10. The van der Waals surface area contributed by atoms with E-state index in [2.05, 4.69) is 40.9 Å². The number of ether oxygens (including phenoxy) is 1. The van der Waals surface area contributed by atoms with Crippen molar-refractivity contribution in [1.82, 2.24) is 9.88 Å². The van der Waals surface area contributed by atoms with Crippen molar-refractivity contribution in [1.29, 1.82) is 0 Å². The summed E-state index contributed by atoms with van der Waals surface area (Å²) in [6.07, 6.45) is 1.66. The molecule has 0 radical (unpaired) electrons. The molecule has 0 unspecified atom stereocenters. The number of rotatable bonds is 6. The molecule has 0 saturated heterocycles. The lowest BCUT2D eigenvalue weighted by Gasteiger charge is -2.12. The van der Waals surface area contributed by atoms with E-state index in [1.807, 2.05) is 6.07 Å². The molecule has 0 bridgehead atoms. The fourth-order valence-corrected chi connectivity index (χ4v) is 3.54. The number of halogens is 1. The third kappa shape index (κ3) is 4.57. The Bertz CT molecular complexity index is 992. The van der Waals surface area contributed by atoms with Gasteiger partial charge in [0, 0.05) is 32.5 Å². The van der Waals surface area contributed by atoms with Crippen LogP contribution in [0, 0.1) is 17.7 Å². The van der Waals surface area contributed by atoms with Crippen LogP contribution < -0.4 is 10.1 Å². The van der Waals surface area contributed by atoms with Crippen LogP contribution in [0.4, 0.5) is 10.1 Å². The Hall–Kier alpha value is -2.62. The summed E-state index contributed by atoms with van der Waals surface area (Å²) < 4.78 is 20.9. The average molecular weight is 386 g/mol. The van der Waals surface area contributed by atoms with Gasteiger partial charge in [0.1, 0.15) is 5.75 Å². The predicted molar refractivity (Wildman–Crippen MR) is 112 cm³/mol. The molecule has 0 aliphatic rings. The second-order valence-electron chi connectivity index (χ2n) is 5.89. The van der Waals surface area contributed by atoms with Gasteiger partial charge < -0.3 is 10.1 Å². The number of aromatic nitrogens is 1. The molecule has 0 saturated carbocycles. The molecule has 6 heteroatoms. The second-order valence-corrected chi connectivity index (χ2v) is 6.95. The molecule has 1 aromatic carbocycles. The third-order valence-electron chi connectivity index (χ3n) is 4.22. The molecular weight excluding hydrogens is 361 g/mol. The molecule has 3 aromatic rings. The van der Waals surface area contributed by atoms with Gasteiger partial charge in [0.15, 0.2) is 11.6 Å². The van der Waals surface area contributed by atoms with E-state index in [0.29, 0.717) is 11.4 Å². The van der Waals surface area contributed by atoms with Crippen molar-refractivity contribution >= 4 is 27.2 Å². The van der Waals surface area contributed by atoms with Crippen LogP contribution in [0.2, 0.25) is 0 Å². The normalized spacial score (nSPS) is 10.7. The highest BCUT2D eigenvalue weighted by Crippen LogP contribution is 2.35. The van der Waals surface area contributed by atoms with Crippen LogP contribution in [0.15, 0.2) is 36.5 Å². The zero-order valence-corrected chi connectivity index (χ0v) is 16.5. The number of thiophene rings is 1. The highest BCUT2D eigenvalue weighted by molar-refractivity contribution is 7.19. The van der Waals surface area contributed by atoms with Gasteiger partial charge in [-0.1, -0.05) is 25.7 Å². The van der Waals surface area contributed by atoms with Crippen molar-refractivity contribution in [3.63, 3.8) is 0 Å². The van der Waals surface area contributed by atoms with Gasteiger partial charge in [-0.2, -0.15) is 0 Å². The zero-order chi connectivity index (χ0) is 19.2. The van der Waals surface area contributed by atoms with Gasteiger partial charge >= 0.3 is 0 Å². The van der Waals surface area contributed by atoms with E-state index in [-0.39, 0.29) is 7.18 Å². The van der Waals surface area contributed by atoms with Crippen molar-refractivity contribution in [2.45, 2.75) is 13.8 Å². The molecule has 0 aliphatic heterocycles. The van der Waals surface area contributed by atoms with Crippen molar-refractivity contribution < 1.29 is 10.6 Å². The van der Waals surface area contributed by atoms with E-state index in [0.717, 1.165) is 34.7 Å². The lowest BCUT2D eigenvalue weighted by molar-refractivity contribution is 0.342. The molecule has 0 spiro atoms. The molecule has 0 fully saturated rings. The van der Waals surface area contributed by atoms with Crippen LogP contribution in [-0.2, 0) is 0 Å². The maximum absolute atomic E-state index is 14.2. The van der Waals surface area contributed by atoms with Crippen molar-refractivity contribution in [3.8, 4) is 23.3 Å². The van der Waals surface area contributed by atoms with Crippen LogP contribution in [0.3, 0.4) is 0 Å². The largest absolute Gasteiger partial charge is 0.453 e. The molecule has 0 amide bonds. The monoisotopic (exact) mass is 385 g/mol. The number of hydrogen-bond acceptors (Lipinski definition) is 5. The standard InChI is InChI=1S/C21H22FN3OS.H2/c1-4-25(5-2)12-6-7-16-14-18-21(27-16)20(10-11-24-18)26-19-9-8-15(23-3)13-17(19)22;/h8-11,13-14,23H,4-5,12H2,1-3H3;1H. The minimum atomic E-state index is -0.414. The molecule has 27 heavy (non-hydrogen) atoms. The summed E-state index contributed by atoms with van der Waals surface area (Å²) in [6, 6.07) is 8.49. The van der Waals surface area contributed by atoms with E-state index >= 15 is 0 Å². The lowest BCUT2D eigenvalue weighted by atomic mass is 10.3. The van der Waals surface area contributed by atoms with Gasteiger partial charge in [0.2, 0.25) is 0 Å². The SMILES string of the molecule is CCN(CC)CC#Cc1cc2nccc(Oc3ccc(NC)cc3F)c2s1.[HH]. The Balaban J connectivity index is 0.00000280. The Labute approximate surface area is 164 Å². The van der Waals surface area contributed by atoms with Gasteiger partial charge in [-0.05, 0) is 31.3 Å². The van der Waals surface area contributed by atoms with Gasteiger partial charge in [-0.15, -0.1) is 11.3 Å². The molecular formula is C21H24FN3OS. The summed E-state index contributed by atoms with van der Waals surface area (Å²) >= 11 is 1.51. The van der Waals surface area contributed by atoms with Crippen molar-refractivity contribution in [2.24, 2.45) is 0 Å². The number of fused-ring (bicyclic) bond motifs is 1. The Kier molecular flexibility index (Phi) is 6.28. The van der Waals surface area contributed by atoms with Crippen LogP contribution in [0.1, 0.15) is 20.2 Å². The predicted octanol–water partition coefficient (Wildman–Crippen LogP) is 5.21. The molecule has 0 aliphatic carbocycles. The van der Waals surface area contributed by atoms with E-state index in [1.54, 1.807) is 31.4 Å². The van der Waals surface area contributed by atoms with E-state index < -0.39 is 5.82 Å². The van der Waals surface area contributed by atoms with E-state index in [4.69, 9.17) is 4.74 Å². The van der Waals surface area contributed by atoms with Crippen LogP contribution >= 0.6 is 11.3 Å². The third-order valence-corrected chi connectivity index (χ3v) is 5.28. The maximum atomic E-state index is 14.2. The van der Waals surface area contributed by atoms with Crippen LogP contribution in [0.25, 0.3) is 10.2 Å². The Morgan fingerprint density at radius 2 is 2.04 bits per heavy atom. The fraction of sp³-hybridized carbons (Fsp3) is 0.286.